The minimum Gasteiger partial charge on any atom is -0.507 e. The van der Waals surface area contributed by atoms with E-state index in [2.05, 4.69) is 0 Å². The zero-order valence-corrected chi connectivity index (χ0v) is 21.6. The Bertz CT molecular complexity index is 1330. The Labute approximate surface area is 232 Å². The van der Waals surface area contributed by atoms with Crippen LogP contribution in [0.1, 0.15) is 37.4 Å². The third-order valence-electron chi connectivity index (χ3n) is 7.42. The van der Waals surface area contributed by atoms with Crippen LogP contribution in [-0.4, -0.2) is 127 Å². The Morgan fingerprint density at radius 2 is 1.39 bits per heavy atom. The molecule has 8 N–H and O–H groups in total. The Hall–Kier alpha value is -3.02. The topological polar surface area (TPSA) is 233 Å². The smallest absolute Gasteiger partial charge is 0.229 e. The van der Waals surface area contributed by atoms with Crippen LogP contribution in [0.5, 0.6) is 11.5 Å². The summed E-state index contributed by atoms with van der Waals surface area (Å²) in [5.41, 5.74) is 0.167. The Balaban J connectivity index is 1.36. The van der Waals surface area contributed by atoms with Crippen molar-refractivity contribution in [2.45, 2.75) is 68.3 Å². The molecular weight excluding hydrogens is 548 g/mol. The summed E-state index contributed by atoms with van der Waals surface area (Å²) in [5, 5.41) is 81.4. The standard InChI is InChI=1S/C27H30O14/c1-9-5-11-16(12(29)6-9)21(33)17-10(18(11)30)3-2-4-13(17)39-27-25(37)23(35)20(32)15(41-27)8-38-26-24(36)22(34)19(31)14(7-28)40-26/h2-6,14-15,19-20,22-29,31-32,34-37H,7-8H2,1H3. The van der Waals surface area contributed by atoms with Crippen LogP contribution in [0.2, 0.25) is 0 Å². The predicted molar refractivity (Wildman–Crippen MR) is 133 cm³/mol. The van der Waals surface area contributed by atoms with E-state index in [1.807, 2.05) is 0 Å². The van der Waals surface area contributed by atoms with Crippen molar-refractivity contribution in [3.8, 4) is 11.5 Å². The lowest BCUT2D eigenvalue weighted by Crippen LogP contribution is -2.62. The lowest BCUT2D eigenvalue weighted by Gasteiger charge is -2.42. The number of benzene rings is 2. The minimum absolute atomic E-state index is 0.0154. The van der Waals surface area contributed by atoms with Gasteiger partial charge in [0, 0.05) is 11.1 Å². The van der Waals surface area contributed by atoms with Gasteiger partial charge < -0.3 is 59.8 Å². The number of phenolic OH excluding ortho intramolecular Hbond substituents is 1. The first-order valence-corrected chi connectivity index (χ1v) is 12.8. The van der Waals surface area contributed by atoms with Gasteiger partial charge in [-0.25, -0.2) is 0 Å². The van der Waals surface area contributed by atoms with E-state index in [0.717, 1.165) is 0 Å². The third kappa shape index (κ3) is 5.12. The SMILES string of the molecule is Cc1cc(O)c2c(c1)C(=O)c1cccc(OC3OC(COC4OC(CO)C(O)C(O)C4O)C(O)C(O)C3O)c1C2=O. The molecule has 10 unspecified atom stereocenters. The van der Waals surface area contributed by atoms with Gasteiger partial charge in [-0.15, -0.1) is 0 Å². The number of hydrogen-bond donors (Lipinski definition) is 8. The highest BCUT2D eigenvalue weighted by Crippen LogP contribution is 2.38. The number of carbonyl (C=O) groups excluding carboxylic acids is 2. The van der Waals surface area contributed by atoms with Crippen molar-refractivity contribution < 1.29 is 69.4 Å². The molecule has 2 fully saturated rings. The van der Waals surface area contributed by atoms with Gasteiger partial charge in [-0.3, -0.25) is 9.59 Å². The monoisotopic (exact) mass is 578 g/mol. The molecule has 0 saturated carbocycles. The highest BCUT2D eigenvalue weighted by atomic mass is 16.7. The summed E-state index contributed by atoms with van der Waals surface area (Å²) >= 11 is 0. The van der Waals surface area contributed by atoms with Gasteiger partial charge in [-0.2, -0.15) is 0 Å². The molecule has 2 aromatic rings. The van der Waals surface area contributed by atoms with Crippen molar-refractivity contribution in [1.29, 1.82) is 0 Å². The van der Waals surface area contributed by atoms with Gasteiger partial charge in [0.25, 0.3) is 0 Å². The molecule has 3 aliphatic rings. The first kappa shape index (κ1) is 29.5. The maximum atomic E-state index is 13.4. The number of aromatic hydroxyl groups is 1. The van der Waals surface area contributed by atoms with Gasteiger partial charge in [0.2, 0.25) is 12.1 Å². The van der Waals surface area contributed by atoms with Crippen LogP contribution >= 0.6 is 0 Å². The first-order valence-electron chi connectivity index (χ1n) is 12.8. The summed E-state index contributed by atoms with van der Waals surface area (Å²) in [6, 6.07) is 6.98. The molecule has 222 valence electrons. The van der Waals surface area contributed by atoms with Crippen molar-refractivity contribution in [3.05, 3.63) is 58.1 Å². The van der Waals surface area contributed by atoms with E-state index >= 15 is 0 Å². The van der Waals surface area contributed by atoms with Crippen LogP contribution in [0.25, 0.3) is 0 Å². The number of ketones is 2. The Morgan fingerprint density at radius 1 is 0.756 bits per heavy atom. The second-order valence-corrected chi connectivity index (χ2v) is 10.2. The summed E-state index contributed by atoms with van der Waals surface area (Å²) in [7, 11) is 0. The quantitative estimate of drug-likeness (QED) is 0.151. The van der Waals surface area contributed by atoms with Crippen molar-refractivity contribution in [3.63, 3.8) is 0 Å². The number of hydrogen-bond acceptors (Lipinski definition) is 14. The van der Waals surface area contributed by atoms with E-state index in [4.69, 9.17) is 18.9 Å². The maximum Gasteiger partial charge on any atom is 0.229 e. The number of phenols is 1. The van der Waals surface area contributed by atoms with Crippen LogP contribution in [0.4, 0.5) is 0 Å². The summed E-state index contributed by atoms with van der Waals surface area (Å²) in [4.78, 5) is 26.6. The zero-order valence-electron chi connectivity index (χ0n) is 21.6. The largest absolute Gasteiger partial charge is 0.507 e. The number of aliphatic hydroxyl groups excluding tert-OH is 7. The van der Waals surface area contributed by atoms with Gasteiger partial charge in [0.05, 0.1) is 24.3 Å². The van der Waals surface area contributed by atoms with Crippen molar-refractivity contribution in [1.82, 2.24) is 0 Å². The molecule has 5 rings (SSSR count). The number of aliphatic hydroxyl groups is 7. The zero-order chi connectivity index (χ0) is 29.7. The molecule has 0 amide bonds. The second kappa shape index (κ2) is 11.3. The van der Waals surface area contributed by atoms with E-state index in [0.29, 0.717) is 5.56 Å². The van der Waals surface area contributed by atoms with Gasteiger partial charge >= 0.3 is 0 Å². The number of fused-ring (bicyclic) bond motifs is 2. The molecule has 0 bridgehead atoms. The van der Waals surface area contributed by atoms with Crippen LogP contribution in [0.3, 0.4) is 0 Å². The Morgan fingerprint density at radius 3 is 2.07 bits per heavy atom. The van der Waals surface area contributed by atoms with Crippen LogP contribution in [-0.2, 0) is 14.2 Å². The molecule has 0 aromatic heterocycles. The van der Waals surface area contributed by atoms with Gasteiger partial charge in [0.1, 0.15) is 60.3 Å². The van der Waals surface area contributed by atoms with Crippen molar-refractivity contribution in [2.24, 2.45) is 0 Å². The van der Waals surface area contributed by atoms with Gasteiger partial charge in [-0.05, 0) is 30.7 Å². The molecule has 0 radical (unpaired) electrons. The molecule has 2 aliphatic heterocycles. The highest BCUT2D eigenvalue weighted by molar-refractivity contribution is 6.30. The summed E-state index contributed by atoms with van der Waals surface area (Å²) < 4.78 is 22.0. The van der Waals surface area contributed by atoms with Crippen LogP contribution < -0.4 is 4.74 Å². The lowest BCUT2D eigenvalue weighted by molar-refractivity contribution is -0.323. The van der Waals surface area contributed by atoms with Crippen LogP contribution in [0.15, 0.2) is 30.3 Å². The summed E-state index contributed by atoms with van der Waals surface area (Å²) in [6.07, 6.45) is -16.4. The molecule has 2 heterocycles. The van der Waals surface area contributed by atoms with E-state index in [-0.39, 0.29) is 28.0 Å². The predicted octanol–water partition coefficient (Wildman–Crippen LogP) is -2.52. The normalized spacial score (nSPS) is 35.1. The van der Waals surface area contributed by atoms with Crippen molar-refractivity contribution >= 4 is 11.6 Å². The number of rotatable bonds is 6. The number of ether oxygens (including phenoxy) is 4. The van der Waals surface area contributed by atoms with E-state index in [1.165, 1.54) is 30.3 Å². The Kier molecular flexibility index (Phi) is 8.15. The number of aryl methyl sites for hydroxylation is 1. The van der Waals surface area contributed by atoms with Crippen LogP contribution in [0, 0.1) is 6.92 Å². The molecule has 0 spiro atoms. The molecule has 10 atom stereocenters. The number of carbonyl (C=O) groups is 2. The fourth-order valence-corrected chi connectivity index (χ4v) is 5.18. The maximum absolute atomic E-state index is 13.4. The first-order chi connectivity index (χ1) is 19.4. The fraction of sp³-hybridized carbons (Fsp3) is 0.481. The van der Waals surface area contributed by atoms with E-state index in [9.17, 15) is 50.4 Å². The average molecular weight is 579 g/mol. The highest BCUT2D eigenvalue weighted by Gasteiger charge is 2.48. The molecule has 2 saturated heterocycles. The third-order valence-corrected chi connectivity index (χ3v) is 7.42. The second-order valence-electron chi connectivity index (χ2n) is 10.2. The summed E-state index contributed by atoms with van der Waals surface area (Å²) in [5.74, 6) is -1.84. The van der Waals surface area contributed by atoms with E-state index < -0.39 is 91.9 Å². The van der Waals surface area contributed by atoms with Gasteiger partial charge in [-0.1, -0.05) is 12.1 Å². The van der Waals surface area contributed by atoms with Crippen molar-refractivity contribution in [2.75, 3.05) is 13.2 Å². The molecule has 2 aromatic carbocycles. The lowest BCUT2D eigenvalue weighted by atomic mass is 9.82. The van der Waals surface area contributed by atoms with E-state index in [1.54, 1.807) is 6.92 Å². The van der Waals surface area contributed by atoms with Gasteiger partial charge in [0.15, 0.2) is 12.1 Å². The fourth-order valence-electron chi connectivity index (χ4n) is 5.18. The molecular formula is C27H30O14. The summed E-state index contributed by atoms with van der Waals surface area (Å²) in [6.45, 7) is 0.378. The average Bonchev–Trinajstić information content (AvgIpc) is 2.94. The molecule has 41 heavy (non-hydrogen) atoms. The molecule has 14 heteroatoms. The minimum atomic E-state index is -1.83. The molecule has 14 nitrogen and oxygen atoms in total. The molecule has 1 aliphatic carbocycles.